The lowest BCUT2D eigenvalue weighted by Crippen LogP contribution is -2.50. The maximum atomic E-state index is 11.7. The van der Waals surface area contributed by atoms with Crippen molar-refractivity contribution in [3.8, 4) is 0 Å². The Balaban J connectivity index is 2.31. The van der Waals surface area contributed by atoms with E-state index < -0.39 is 6.03 Å². The van der Waals surface area contributed by atoms with Crippen LogP contribution in [0.2, 0.25) is 0 Å². The van der Waals surface area contributed by atoms with Crippen LogP contribution in [-0.2, 0) is 4.79 Å². The number of nitrogens with two attached hydrogens (primary N) is 1. The highest BCUT2D eigenvalue weighted by Gasteiger charge is 2.26. The van der Waals surface area contributed by atoms with Crippen LogP contribution in [0.1, 0.15) is 34.1 Å². The number of nitrogens with zero attached hydrogens (tertiary/aromatic N) is 1. The SMILES string of the molecule is CC(N)C1CCN(CC(=O)NC(=O)NC(C)(C)C)C1. The van der Waals surface area contributed by atoms with Crippen LogP contribution in [0, 0.1) is 5.92 Å². The third kappa shape index (κ3) is 6.02. The van der Waals surface area contributed by atoms with Crippen molar-refractivity contribution in [3.05, 3.63) is 0 Å². The predicted octanol–water partition coefficient (Wildman–Crippen LogP) is 0.280. The first-order valence-electron chi connectivity index (χ1n) is 6.77. The van der Waals surface area contributed by atoms with Gasteiger partial charge in [0.05, 0.1) is 6.54 Å². The Morgan fingerprint density at radius 3 is 2.53 bits per heavy atom. The molecule has 1 aliphatic rings. The Morgan fingerprint density at radius 1 is 1.42 bits per heavy atom. The average molecular weight is 270 g/mol. The van der Waals surface area contributed by atoms with Crippen LogP contribution < -0.4 is 16.4 Å². The van der Waals surface area contributed by atoms with Gasteiger partial charge in [-0.2, -0.15) is 0 Å². The summed E-state index contributed by atoms with van der Waals surface area (Å²) in [4.78, 5) is 25.3. The molecule has 1 saturated heterocycles. The van der Waals surface area contributed by atoms with Crippen molar-refractivity contribution >= 4 is 11.9 Å². The van der Waals surface area contributed by atoms with Crippen LogP contribution in [0.5, 0.6) is 0 Å². The largest absolute Gasteiger partial charge is 0.333 e. The summed E-state index contributed by atoms with van der Waals surface area (Å²) in [7, 11) is 0. The Labute approximate surface area is 115 Å². The van der Waals surface area contributed by atoms with Crippen LogP contribution in [0.4, 0.5) is 4.79 Å². The van der Waals surface area contributed by atoms with Crippen molar-refractivity contribution in [1.82, 2.24) is 15.5 Å². The van der Waals surface area contributed by atoms with Crippen LogP contribution in [0.25, 0.3) is 0 Å². The average Bonchev–Trinajstić information content (AvgIpc) is 2.62. The number of nitrogens with one attached hydrogen (secondary N) is 2. The van der Waals surface area contributed by atoms with Gasteiger partial charge in [-0.05, 0) is 46.6 Å². The fraction of sp³-hybridized carbons (Fsp3) is 0.846. The summed E-state index contributed by atoms with van der Waals surface area (Å²) >= 11 is 0. The maximum absolute atomic E-state index is 11.7. The van der Waals surface area contributed by atoms with Gasteiger partial charge in [0.25, 0.3) is 0 Å². The molecule has 0 aromatic rings. The van der Waals surface area contributed by atoms with Crippen LogP contribution >= 0.6 is 0 Å². The molecule has 3 amide bonds. The number of likely N-dealkylation sites (tertiary alicyclic amines) is 1. The number of carbonyl (C=O) groups is 2. The van der Waals surface area contributed by atoms with E-state index in [1.54, 1.807) is 0 Å². The second kappa shape index (κ2) is 6.34. The molecule has 1 rings (SSSR count). The molecule has 6 heteroatoms. The van der Waals surface area contributed by atoms with E-state index in [0.29, 0.717) is 5.92 Å². The normalized spacial score (nSPS) is 22.1. The number of hydrogen-bond donors (Lipinski definition) is 3. The van der Waals surface area contributed by atoms with Gasteiger partial charge in [0, 0.05) is 18.1 Å². The van der Waals surface area contributed by atoms with Gasteiger partial charge in [0.2, 0.25) is 5.91 Å². The van der Waals surface area contributed by atoms with Gasteiger partial charge < -0.3 is 11.1 Å². The molecule has 19 heavy (non-hydrogen) atoms. The molecule has 0 aliphatic carbocycles. The standard InChI is InChI=1S/C13H26N4O2/c1-9(14)10-5-6-17(7-10)8-11(18)15-12(19)16-13(2,3)4/h9-10H,5-8,14H2,1-4H3,(H2,15,16,18,19). The van der Waals surface area contributed by atoms with Crippen molar-refractivity contribution in [2.45, 2.75) is 45.7 Å². The first-order chi connectivity index (χ1) is 8.67. The van der Waals surface area contributed by atoms with Gasteiger partial charge in [-0.15, -0.1) is 0 Å². The minimum Gasteiger partial charge on any atom is -0.333 e. The summed E-state index contributed by atoms with van der Waals surface area (Å²) in [6.07, 6.45) is 1.01. The van der Waals surface area contributed by atoms with Crippen LogP contribution in [0.15, 0.2) is 0 Å². The molecular formula is C13H26N4O2. The number of urea groups is 1. The topological polar surface area (TPSA) is 87.5 Å². The molecule has 2 atom stereocenters. The monoisotopic (exact) mass is 270 g/mol. The molecule has 0 aromatic carbocycles. The molecule has 1 aliphatic heterocycles. The number of amides is 3. The first-order valence-corrected chi connectivity index (χ1v) is 6.77. The minimum absolute atomic E-state index is 0.150. The van der Waals surface area contributed by atoms with E-state index in [-0.39, 0.29) is 24.0 Å². The van der Waals surface area contributed by atoms with Gasteiger partial charge in [0.1, 0.15) is 0 Å². The molecule has 0 aromatic heterocycles. The molecule has 4 N–H and O–H groups in total. The van der Waals surface area contributed by atoms with Crippen molar-refractivity contribution < 1.29 is 9.59 Å². The van der Waals surface area contributed by atoms with Gasteiger partial charge in [-0.3, -0.25) is 15.0 Å². The van der Waals surface area contributed by atoms with Crippen molar-refractivity contribution in [2.24, 2.45) is 11.7 Å². The fourth-order valence-electron chi connectivity index (χ4n) is 2.18. The molecule has 0 bridgehead atoms. The molecule has 1 fully saturated rings. The number of rotatable bonds is 3. The second-order valence-corrected chi connectivity index (χ2v) is 6.40. The lowest BCUT2D eigenvalue weighted by Gasteiger charge is -2.21. The summed E-state index contributed by atoms with van der Waals surface area (Å²) in [5.41, 5.74) is 5.50. The number of hydrogen-bond acceptors (Lipinski definition) is 4. The quantitative estimate of drug-likeness (QED) is 0.687. The molecule has 0 radical (unpaired) electrons. The molecule has 6 nitrogen and oxygen atoms in total. The van der Waals surface area contributed by atoms with Crippen LogP contribution in [0.3, 0.4) is 0 Å². The molecular weight excluding hydrogens is 244 g/mol. The Morgan fingerprint density at radius 2 is 2.05 bits per heavy atom. The van der Waals surface area contributed by atoms with Gasteiger partial charge in [-0.1, -0.05) is 0 Å². The molecule has 110 valence electrons. The summed E-state index contributed by atoms with van der Waals surface area (Å²) in [6, 6.07) is -0.294. The van der Waals surface area contributed by atoms with Gasteiger partial charge in [0.15, 0.2) is 0 Å². The third-order valence-electron chi connectivity index (χ3n) is 3.16. The zero-order chi connectivity index (χ0) is 14.6. The summed E-state index contributed by atoms with van der Waals surface area (Å²) in [5.74, 6) is 0.170. The minimum atomic E-state index is -0.444. The summed E-state index contributed by atoms with van der Waals surface area (Å²) < 4.78 is 0. The smallest absolute Gasteiger partial charge is 0.321 e. The van der Waals surface area contributed by atoms with E-state index in [0.717, 1.165) is 19.5 Å². The maximum Gasteiger partial charge on any atom is 0.321 e. The van der Waals surface area contributed by atoms with Gasteiger partial charge in [-0.25, -0.2) is 4.79 Å². The van der Waals surface area contributed by atoms with E-state index >= 15 is 0 Å². The number of carbonyl (C=O) groups excluding carboxylic acids is 2. The van der Waals surface area contributed by atoms with Crippen molar-refractivity contribution in [3.63, 3.8) is 0 Å². The van der Waals surface area contributed by atoms with Crippen molar-refractivity contribution in [1.29, 1.82) is 0 Å². The summed E-state index contributed by atoms with van der Waals surface area (Å²) in [5, 5.41) is 5.04. The highest BCUT2D eigenvalue weighted by molar-refractivity contribution is 5.95. The zero-order valence-electron chi connectivity index (χ0n) is 12.3. The molecule has 2 unspecified atom stereocenters. The fourth-order valence-corrected chi connectivity index (χ4v) is 2.18. The Bertz CT molecular complexity index is 336. The highest BCUT2D eigenvalue weighted by atomic mass is 16.2. The highest BCUT2D eigenvalue weighted by Crippen LogP contribution is 2.17. The molecule has 0 saturated carbocycles. The lowest BCUT2D eigenvalue weighted by molar-refractivity contribution is -0.121. The lowest BCUT2D eigenvalue weighted by atomic mass is 10.0. The van der Waals surface area contributed by atoms with E-state index in [4.69, 9.17) is 5.73 Å². The Kier molecular flexibility index (Phi) is 5.31. The van der Waals surface area contributed by atoms with Crippen LogP contribution in [-0.4, -0.2) is 48.1 Å². The summed E-state index contributed by atoms with van der Waals surface area (Å²) in [6.45, 7) is 9.53. The van der Waals surface area contributed by atoms with Gasteiger partial charge >= 0.3 is 6.03 Å². The zero-order valence-corrected chi connectivity index (χ0v) is 12.3. The predicted molar refractivity (Wildman–Crippen MR) is 74.6 cm³/mol. The third-order valence-corrected chi connectivity index (χ3v) is 3.16. The molecule has 0 spiro atoms. The van der Waals surface area contributed by atoms with E-state index in [1.165, 1.54) is 0 Å². The number of imide groups is 1. The van der Waals surface area contributed by atoms with E-state index in [9.17, 15) is 9.59 Å². The molecule has 1 heterocycles. The van der Waals surface area contributed by atoms with E-state index in [2.05, 4.69) is 10.6 Å². The first kappa shape index (κ1) is 15.9. The Hall–Kier alpha value is -1.14. The van der Waals surface area contributed by atoms with Crippen molar-refractivity contribution in [2.75, 3.05) is 19.6 Å². The second-order valence-electron chi connectivity index (χ2n) is 6.40. The van der Waals surface area contributed by atoms with E-state index in [1.807, 2.05) is 32.6 Å².